The van der Waals surface area contributed by atoms with E-state index in [1.54, 1.807) is 4.90 Å². The molecule has 0 saturated carbocycles. The average molecular weight is 269 g/mol. The molecule has 0 spiro atoms. The van der Waals surface area contributed by atoms with Crippen LogP contribution < -0.4 is 5.32 Å². The SMILES string of the molecule is CCN(CC)C(=O)CCNCc1oncc1C(=O)O. The molecule has 0 aliphatic heterocycles. The van der Waals surface area contributed by atoms with Gasteiger partial charge in [0.2, 0.25) is 5.91 Å². The predicted molar refractivity (Wildman–Crippen MR) is 67.7 cm³/mol. The minimum absolute atomic E-state index is 0.0440. The van der Waals surface area contributed by atoms with Crippen LogP contribution in [0.5, 0.6) is 0 Å². The molecule has 106 valence electrons. The van der Waals surface area contributed by atoms with Crippen molar-refractivity contribution in [3.63, 3.8) is 0 Å². The van der Waals surface area contributed by atoms with Crippen molar-refractivity contribution in [2.24, 2.45) is 0 Å². The highest BCUT2D eigenvalue weighted by Crippen LogP contribution is 2.07. The second kappa shape index (κ2) is 7.52. The van der Waals surface area contributed by atoms with Gasteiger partial charge >= 0.3 is 5.97 Å². The summed E-state index contributed by atoms with van der Waals surface area (Å²) in [6.45, 7) is 5.97. The van der Waals surface area contributed by atoms with Crippen LogP contribution in [0.4, 0.5) is 0 Å². The summed E-state index contributed by atoms with van der Waals surface area (Å²) in [4.78, 5) is 24.2. The van der Waals surface area contributed by atoms with Gasteiger partial charge in [0.25, 0.3) is 0 Å². The van der Waals surface area contributed by atoms with E-state index in [0.29, 0.717) is 26.1 Å². The third-order valence-corrected chi connectivity index (χ3v) is 2.79. The van der Waals surface area contributed by atoms with E-state index in [2.05, 4.69) is 10.5 Å². The van der Waals surface area contributed by atoms with Crippen molar-refractivity contribution in [2.75, 3.05) is 19.6 Å². The molecule has 0 aromatic carbocycles. The molecule has 1 rings (SSSR count). The molecule has 1 aromatic heterocycles. The van der Waals surface area contributed by atoms with Gasteiger partial charge in [-0.3, -0.25) is 4.79 Å². The van der Waals surface area contributed by atoms with Gasteiger partial charge in [0.1, 0.15) is 5.56 Å². The lowest BCUT2D eigenvalue weighted by atomic mass is 10.2. The second-order valence-electron chi connectivity index (χ2n) is 3.96. The zero-order valence-electron chi connectivity index (χ0n) is 11.2. The van der Waals surface area contributed by atoms with Gasteiger partial charge in [-0.2, -0.15) is 0 Å². The summed E-state index contributed by atoms with van der Waals surface area (Å²) in [7, 11) is 0. The maximum Gasteiger partial charge on any atom is 0.341 e. The number of hydrogen-bond donors (Lipinski definition) is 2. The van der Waals surface area contributed by atoms with Crippen LogP contribution in [0.3, 0.4) is 0 Å². The number of nitrogens with one attached hydrogen (secondary N) is 1. The molecule has 7 heteroatoms. The van der Waals surface area contributed by atoms with Gasteiger partial charge < -0.3 is 19.8 Å². The summed E-state index contributed by atoms with van der Waals surface area (Å²) in [5, 5.41) is 15.3. The summed E-state index contributed by atoms with van der Waals surface area (Å²) in [5.74, 6) is -0.728. The third-order valence-electron chi connectivity index (χ3n) is 2.79. The quantitative estimate of drug-likeness (QED) is 0.675. The van der Waals surface area contributed by atoms with E-state index in [4.69, 9.17) is 9.63 Å². The number of carboxylic acids is 1. The van der Waals surface area contributed by atoms with E-state index < -0.39 is 5.97 Å². The molecule has 0 bridgehead atoms. The van der Waals surface area contributed by atoms with Gasteiger partial charge in [-0.15, -0.1) is 0 Å². The van der Waals surface area contributed by atoms with Crippen molar-refractivity contribution in [1.29, 1.82) is 0 Å². The second-order valence-corrected chi connectivity index (χ2v) is 3.96. The molecule has 0 saturated heterocycles. The fourth-order valence-electron chi connectivity index (χ4n) is 1.70. The number of amides is 1. The molecule has 0 aliphatic carbocycles. The minimum Gasteiger partial charge on any atom is -0.478 e. The first-order chi connectivity index (χ1) is 9.10. The van der Waals surface area contributed by atoms with Gasteiger partial charge in [0.05, 0.1) is 12.7 Å². The summed E-state index contributed by atoms with van der Waals surface area (Å²) in [5.41, 5.74) is 0.0440. The Hall–Kier alpha value is -1.89. The van der Waals surface area contributed by atoms with E-state index in [-0.39, 0.29) is 23.8 Å². The zero-order chi connectivity index (χ0) is 14.3. The molecule has 1 amide bonds. The number of rotatable bonds is 8. The molecular formula is C12H19N3O4. The lowest BCUT2D eigenvalue weighted by molar-refractivity contribution is -0.130. The fraction of sp³-hybridized carbons (Fsp3) is 0.583. The molecule has 0 aliphatic rings. The van der Waals surface area contributed by atoms with Gasteiger partial charge in [-0.05, 0) is 13.8 Å². The molecule has 19 heavy (non-hydrogen) atoms. The van der Waals surface area contributed by atoms with Crippen molar-refractivity contribution in [3.8, 4) is 0 Å². The van der Waals surface area contributed by atoms with E-state index in [1.165, 1.54) is 6.20 Å². The summed E-state index contributed by atoms with van der Waals surface area (Å²) in [6, 6.07) is 0. The molecule has 0 fully saturated rings. The summed E-state index contributed by atoms with van der Waals surface area (Å²) in [6.07, 6.45) is 1.54. The molecule has 0 radical (unpaired) electrons. The Bertz CT molecular complexity index is 426. The molecule has 1 heterocycles. The molecule has 1 aromatic rings. The predicted octanol–water partition coefficient (Wildman–Crippen LogP) is 0.721. The van der Waals surface area contributed by atoms with Crippen molar-refractivity contribution < 1.29 is 19.2 Å². The van der Waals surface area contributed by atoms with Gasteiger partial charge in [0.15, 0.2) is 5.76 Å². The minimum atomic E-state index is -1.07. The van der Waals surface area contributed by atoms with E-state index >= 15 is 0 Å². The van der Waals surface area contributed by atoms with Crippen LogP contribution >= 0.6 is 0 Å². The number of carboxylic acid groups (broad SMARTS) is 1. The van der Waals surface area contributed by atoms with Crippen LogP contribution in [0.15, 0.2) is 10.7 Å². The highest BCUT2D eigenvalue weighted by Gasteiger charge is 2.14. The Morgan fingerprint density at radius 2 is 2.11 bits per heavy atom. The normalized spacial score (nSPS) is 10.4. The number of carbonyl (C=O) groups is 2. The molecule has 7 nitrogen and oxygen atoms in total. The van der Waals surface area contributed by atoms with Crippen molar-refractivity contribution in [2.45, 2.75) is 26.8 Å². The summed E-state index contributed by atoms with van der Waals surface area (Å²) < 4.78 is 4.83. The van der Waals surface area contributed by atoms with Gasteiger partial charge in [0, 0.05) is 26.1 Å². The van der Waals surface area contributed by atoms with Crippen molar-refractivity contribution in [3.05, 3.63) is 17.5 Å². The van der Waals surface area contributed by atoms with Crippen LogP contribution in [0, 0.1) is 0 Å². The van der Waals surface area contributed by atoms with Crippen LogP contribution in [-0.4, -0.2) is 46.7 Å². The molecule has 0 unspecified atom stereocenters. The van der Waals surface area contributed by atoms with Gasteiger partial charge in [-0.25, -0.2) is 4.79 Å². The Balaban J connectivity index is 2.33. The topological polar surface area (TPSA) is 95.7 Å². The first-order valence-electron chi connectivity index (χ1n) is 6.25. The Labute approximate surface area is 111 Å². The first-order valence-corrected chi connectivity index (χ1v) is 6.25. The first kappa shape index (κ1) is 15.2. The van der Waals surface area contributed by atoms with Crippen molar-refractivity contribution in [1.82, 2.24) is 15.4 Å². The highest BCUT2D eigenvalue weighted by atomic mass is 16.5. The number of carbonyl (C=O) groups excluding carboxylic acids is 1. The number of hydrogen-bond acceptors (Lipinski definition) is 5. The van der Waals surface area contributed by atoms with E-state index in [9.17, 15) is 9.59 Å². The maximum absolute atomic E-state index is 11.7. The molecule has 2 N–H and O–H groups in total. The Kier molecular flexibility index (Phi) is 6.01. The zero-order valence-corrected chi connectivity index (χ0v) is 11.2. The van der Waals surface area contributed by atoms with Gasteiger partial charge in [-0.1, -0.05) is 5.16 Å². The fourth-order valence-corrected chi connectivity index (χ4v) is 1.70. The Morgan fingerprint density at radius 1 is 1.42 bits per heavy atom. The van der Waals surface area contributed by atoms with Crippen LogP contribution in [0.25, 0.3) is 0 Å². The maximum atomic E-state index is 11.7. The number of aromatic nitrogens is 1. The van der Waals surface area contributed by atoms with Crippen LogP contribution in [0.2, 0.25) is 0 Å². The highest BCUT2D eigenvalue weighted by molar-refractivity contribution is 5.88. The average Bonchev–Trinajstić information content (AvgIpc) is 2.84. The largest absolute Gasteiger partial charge is 0.478 e. The Morgan fingerprint density at radius 3 is 2.68 bits per heavy atom. The molecule has 0 atom stereocenters. The van der Waals surface area contributed by atoms with E-state index in [0.717, 1.165) is 0 Å². The third kappa shape index (κ3) is 4.36. The van der Waals surface area contributed by atoms with Crippen molar-refractivity contribution >= 4 is 11.9 Å². The van der Waals surface area contributed by atoms with Crippen LogP contribution in [-0.2, 0) is 11.3 Å². The monoisotopic (exact) mass is 269 g/mol. The molecular weight excluding hydrogens is 250 g/mol. The number of aromatic carboxylic acids is 1. The lowest BCUT2D eigenvalue weighted by Crippen LogP contribution is -2.32. The summed E-state index contributed by atoms with van der Waals surface area (Å²) >= 11 is 0. The lowest BCUT2D eigenvalue weighted by Gasteiger charge is -2.18. The standard InChI is InChI=1S/C12H19N3O4/c1-3-15(4-2)11(16)5-6-13-8-10-9(12(17)18)7-14-19-10/h7,13H,3-6,8H2,1-2H3,(H,17,18). The number of nitrogens with zero attached hydrogens (tertiary/aromatic N) is 2. The van der Waals surface area contributed by atoms with Crippen LogP contribution in [0.1, 0.15) is 36.4 Å². The van der Waals surface area contributed by atoms with E-state index in [1.807, 2.05) is 13.8 Å². The smallest absolute Gasteiger partial charge is 0.341 e.